The van der Waals surface area contributed by atoms with Crippen LogP contribution in [0.1, 0.15) is 41.0 Å². The quantitative estimate of drug-likeness (QED) is 0.874. The maximum absolute atomic E-state index is 12.3. The number of alkyl carbamates (subject to hydrolysis) is 1. The minimum atomic E-state index is -0.670. The van der Waals surface area contributed by atoms with E-state index in [-0.39, 0.29) is 11.8 Å². The number of nitrogens with one attached hydrogen (secondary N) is 2. The molecule has 1 aromatic rings. The molecule has 0 aliphatic rings. The maximum Gasteiger partial charge on any atom is 0.408 e. The average molecular weight is 310 g/mol. The first-order valence-electron chi connectivity index (χ1n) is 7.37. The normalized spacial score (nSPS) is 12.9. The monoisotopic (exact) mass is 310 g/mol. The summed E-state index contributed by atoms with van der Waals surface area (Å²) in [4.78, 5) is 24.2. The lowest BCUT2D eigenvalue weighted by Crippen LogP contribution is -2.46. The van der Waals surface area contributed by atoms with E-state index < -0.39 is 17.7 Å². The first kappa shape index (κ1) is 18.0. The summed E-state index contributed by atoms with van der Waals surface area (Å²) in [6.45, 7) is 9.30. The van der Waals surface area contributed by atoms with Gasteiger partial charge in [-0.3, -0.25) is 9.48 Å². The van der Waals surface area contributed by atoms with Gasteiger partial charge < -0.3 is 15.4 Å². The van der Waals surface area contributed by atoms with Crippen molar-refractivity contribution in [1.29, 1.82) is 0 Å². The van der Waals surface area contributed by atoms with Crippen molar-refractivity contribution in [2.75, 3.05) is 5.32 Å². The van der Waals surface area contributed by atoms with Gasteiger partial charge in [-0.1, -0.05) is 13.8 Å². The number of hydrogen-bond acceptors (Lipinski definition) is 4. The molecular formula is C15H26N4O3. The number of carbonyl (C=O) groups excluding carboxylic acids is 2. The highest BCUT2D eigenvalue weighted by atomic mass is 16.6. The molecule has 0 saturated heterocycles. The third-order valence-electron chi connectivity index (χ3n) is 2.68. The van der Waals surface area contributed by atoms with E-state index in [9.17, 15) is 9.59 Å². The smallest absolute Gasteiger partial charge is 0.408 e. The predicted molar refractivity (Wildman–Crippen MR) is 84.5 cm³/mol. The van der Waals surface area contributed by atoms with Crippen LogP contribution in [0.5, 0.6) is 0 Å². The summed E-state index contributed by atoms with van der Waals surface area (Å²) in [5.74, 6) is 0.389. The van der Waals surface area contributed by atoms with Crippen LogP contribution >= 0.6 is 0 Å². The second kappa shape index (κ2) is 7.29. The molecule has 0 unspecified atom stereocenters. The van der Waals surface area contributed by atoms with Crippen LogP contribution in [0.2, 0.25) is 0 Å². The SMILES string of the molecule is CC(C)C[C@H](NC(=O)OC(C)(C)C)C(=O)Nc1ccn(C)n1. The van der Waals surface area contributed by atoms with Gasteiger partial charge >= 0.3 is 6.09 Å². The van der Waals surface area contributed by atoms with E-state index in [0.29, 0.717) is 12.2 Å². The first-order valence-corrected chi connectivity index (χ1v) is 7.37. The molecule has 124 valence electrons. The molecule has 0 spiro atoms. The molecule has 0 fully saturated rings. The van der Waals surface area contributed by atoms with Gasteiger partial charge in [-0.25, -0.2) is 4.79 Å². The topological polar surface area (TPSA) is 85.2 Å². The molecule has 1 aromatic heterocycles. The van der Waals surface area contributed by atoms with E-state index in [2.05, 4.69) is 15.7 Å². The summed E-state index contributed by atoms with van der Waals surface area (Å²) in [6, 6.07) is 1.02. The lowest BCUT2D eigenvalue weighted by atomic mass is 10.0. The van der Waals surface area contributed by atoms with E-state index in [1.807, 2.05) is 13.8 Å². The molecule has 2 N–H and O–H groups in total. The van der Waals surface area contributed by atoms with Crippen molar-refractivity contribution in [3.8, 4) is 0 Å². The van der Waals surface area contributed by atoms with Gasteiger partial charge in [0.15, 0.2) is 5.82 Å². The summed E-state index contributed by atoms with van der Waals surface area (Å²) in [6.07, 6.45) is 1.64. The highest BCUT2D eigenvalue weighted by Crippen LogP contribution is 2.11. The molecule has 7 nitrogen and oxygen atoms in total. The van der Waals surface area contributed by atoms with Gasteiger partial charge in [0.05, 0.1) is 0 Å². The molecule has 2 amide bonds. The van der Waals surface area contributed by atoms with Crippen molar-refractivity contribution in [2.24, 2.45) is 13.0 Å². The minimum Gasteiger partial charge on any atom is -0.444 e. The fourth-order valence-electron chi connectivity index (χ4n) is 1.85. The van der Waals surface area contributed by atoms with E-state index in [1.54, 1.807) is 44.8 Å². The number of amides is 2. The van der Waals surface area contributed by atoms with Crippen LogP contribution in [0.3, 0.4) is 0 Å². The zero-order valence-corrected chi connectivity index (χ0v) is 14.1. The van der Waals surface area contributed by atoms with Crippen LogP contribution in [-0.4, -0.2) is 33.4 Å². The number of carbonyl (C=O) groups is 2. The number of aromatic nitrogens is 2. The summed E-state index contributed by atoms with van der Waals surface area (Å²) in [5.41, 5.74) is -0.607. The zero-order chi connectivity index (χ0) is 16.9. The zero-order valence-electron chi connectivity index (χ0n) is 14.1. The van der Waals surface area contributed by atoms with Crippen LogP contribution in [0.4, 0.5) is 10.6 Å². The fourth-order valence-corrected chi connectivity index (χ4v) is 1.85. The van der Waals surface area contributed by atoms with Crippen molar-refractivity contribution in [3.63, 3.8) is 0 Å². The van der Waals surface area contributed by atoms with E-state index in [0.717, 1.165) is 0 Å². The largest absolute Gasteiger partial charge is 0.444 e. The van der Waals surface area contributed by atoms with Crippen molar-refractivity contribution in [1.82, 2.24) is 15.1 Å². The van der Waals surface area contributed by atoms with Crippen molar-refractivity contribution in [2.45, 2.75) is 52.7 Å². The number of hydrogen-bond donors (Lipinski definition) is 2. The van der Waals surface area contributed by atoms with Gasteiger partial charge in [0.2, 0.25) is 5.91 Å². The Morgan fingerprint density at radius 3 is 2.45 bits per heavy atom. The number of nitrogens with zero attached hydrogens (tertiary/aromatic N) is 2. The third kappa shape index (κ3) is 6.60. The van der Waals surface area contributed by atoms with Crippen LogP contribution in [-0.2, 0) is 16.6 Å². The number of aryl methyl sites for hydroxylation is 1. The van der Waals surface area contributed by atoms with Gasteiger partial charge in [0.1, 0.15) is 11.6 Å². The van der Waals surface area contributed by atoms with Gasteiger partial charge in [-0.15, -0.1) is 0 Å². The fraction of sp³-hybridized carbons (Fsp3) is 0.667. The second-order valence-electron chi connectivity index (χ2n) is 6.69. The lowest BCUT2D eigenvalue weighted by molar-refractivity contribution is -0.118. The van der Waals surface area contributed by atoms with Crippen molar-refractivity contribution in [3.05, 3.63) is 12.3 Å². The summed E-state index contributed by atoms with van der Waals surface area (Å²) < 4.78 is 6.80. The van der Waals surface area contributed by atoms with Gasteiger partial charge in [0.25, 0.3) is 0 Å². The van der Waals surface area contributed by atoms with Crippen LogP contribution in [0, 0.1) is 5.92 Å². The summed E-state index contributed by atoms with van der Waals surface area (Å²) in [7, 11) is 1.76. The molecule has 0 aliphatic carbocycles. The standard InChI is InChI=1S/C15H26N4O3/c1-10(2)9-11(16-14(21)22-15(3,4)5)13(20)17-12-7-8-19(6)18-12/h7-8,10-11H,9H2,1-6H3,(H,16,21)(H,17,18,20)/t11-/m0/s1. The molecule has 0 bridgehead atoms. The Balaban J connectivity index is 2.70. The molecule has 0 saturated carbocycles. The highest BCUT2D eigenvalue weighted by molar-refractivity contribution is 5.95. The highest BCUT2D eigenvalue weighted by Gasteiger charge is 2.25. The summed E-state index contributed by atoms with van der Waals surface area (Å²) >= 11 is 0. The molecule has 0 radical (unpaired) electrons. The lowest BCUT2D eigenvalue weighted by Gasteiger charge is -2.24. The Labute approximate surface area is 131 Å². The average Bonchev–Trinajstić information content (AvgIpc) is 2.70. The first-order chi connectivity index (χ1) is 10.1. The Morgan fingerprint density at radius 2 is 2.00 bits per heavy atom. The number of ether oxygens (including phenoxy) is 1. The van der Waals surface area contributed by atoms with E-state index in [4.69, 9.17) is 4.74 Å². The van der Waals surface area contributed by atoms with Crippen LogP contribution in [0.25, 0.3) is 0 Å². The molecule has 0 aliphatic heterocycles. The molecule has 0 aromatic carbocycles. The molecule has 1 atom stereocenters. The van der Waals surface area contributed by atoms with Gasteiger partial charge in [-0.2, -0.15) is 5.10 Å². The number of anilines is 1. The maximum atomic E-state index is 12.3. The van der Waals surface area contributed by atoms with Crippen LogP contribution < -0.4 is 10.6 Å². The van der Waals surface area contributed by atoms with Crippen molar-refractivity contribution >= 4 is 17.8 Å². The van der Waals surface area contributed by atoms with E-state index in [1.165, 1.54) is 0 Å². The van der Waals surface area contributed by atoms with Gasteiger partial charge in [0, 0.05) is 19.3 Å². The summed E-state index contributed by atoms with van der Waals surface area (Å²) in [5, 5.41) is 9.41. The molecule has 1 rings (SSSR count). The Morgan fingerprint density at radius 1 is 1.36 bits per heavy atom. The Hall–Kier alpha value is -2.05. The van der Waals surface area contributed by atoms with Crippen LogP contribution in [0.15, 0.2) is 12.3 Å². The Kier molecular flexibility index (Phi) is 5.96. The molecular weight excluding hydrogens is 284 g/mol. The molecule has 22 heavy (non-hydrogen) atoms. The van der Waals surface area contributed by atoms with Crippen molar-refractivity contribution < 1.29 is 14.3 Å². The molecule has 1 heterocycles. The van der Waals surface area contributed by atoms with Gasteiger partial charge in [-0.05, 0) is 33.1 Å². The Bertz CT molecular complexity index is 517. The molecule has 7 heteroatoms. The van der Waals surface area contributed by atoms with E-state index >= 15 is 0 Å². The predicted octanol–water partition coefficient (Wildman–Crippen LogP) is 2.30. The second-order valence-corrected chi connectivity index (χ2v) is 6.69. The minimum absolute atomic E-state index is 0.245. The third-order valence-corrected chi connectivity index (χ3v) is 2.68. The number of rotatable bonds is 5.